The Balaban J connectivity index is 2.99. The summed E-state index contributed by atoms with van der Waals surface area (Å²) in [6.07, 6.45) is 0.909. The molecule has 0 bridgehead atoms. The fourth-order valence-electron chi connectivity index (χ4n) is 1.94. The molecule has 0 radical (unpaired) electrons. The topological polar surface area (TPSA) is 46.6 Å². The van der Waals surface area contributed by atoms with Gasteiger partial charge in [0.1, 0.15) is 5.75 Å². The molecule has 21 heavy (non-hydrogen) atoms. The Morgan fingerprint density at radius 3 is 2.33 bits per heavy atom. The zero-order valence-electron chi connectivity index (χ0n) is 13.3. The lowest BCUT2D eigenvalue weighted by atomic mass is 9.86. The van der Waals surface area contributed by atoms with Gasteiger partial charge in [-0.3, -0.25) is 0 Å². The SMILES string of the molecule is CN(C)CCCOc1ccc(S(=O)(=O)Cl)cc1C(C)(C)C. The molecule has 0 aliphatic rings. The average Bonchev–Trinajstić information content (AvgIpc) is 2.32. The van der Waals surface area contributed by atoms with E-state index in [-0.39, 0.29) is 10.3 Å². The molecule has 0 amide bonds. The summed E-state index contributed by atoms with van der Waals surface area (Å²) in [6, 6.07) is 4.77. The van der Waals surface area contributed by atoms with Crippen LogP contribution in [0.5, 0.6) is 5.75 Å². The number of halogens is 1. The van der Waals surface area contributed by atoms with E-state index in [2.05, 4.69) is 4.90 Å². The van der Waals surface area contributed by atoms with Gasteiger partial charge in [-0.2, -0.15) is 0 Å². The van der Waals surface area contributed by atoms with Crippen LogP contribution in [-0.4, -0.2) is 40.6 Å². The van der Waals surface area contributed by atoms with Crippen LogP contribution in [0, 0.1) is 0 Å². The number of nitrogens with zero attached hydrogens (tertiary/aromatic N) is 1. The Morgan fingerprint density at radius 2 is 1.86 bits per heavy atom. The van der Waals surface area contributed by atoms with Gasteiger partial charge in [-0.1, -0.05) is 20.8 Å². The molecule has 0 unspecified atom stereocenters. The summed E-state index contributed by atoms with van der Waals surface area (Å²) in [7, 11) is 5.72. The maximum Gasteiger partial charge on any atom is 0.261 e. The van der Waals surface area contributed by atoms with E-state index in [1.807, 2.05) is 34.9 Å². The second-order valence-corrected chi connectivity index (χ2v) is 8.92. The highest BCUT2D eigenvalue weighted by Gasteiger charge is 2.22. The molecule has 0 N–H and O–H groups in total. The molecular formula is C15H24ClNO3S. The lowest BCUT2D eigenvalue weighted by molar-refractivity contribution is 0.276. The maximum absolute atomic E-state index is 11.5. The van der Waals surface area contributed by atoms with Gasteiger partial charge in [-0.25, -0.2) is 8.42 Å². The summed E-state index contributed by atoms with van der Waals surface area (Å²) in [6.45, 7) is 7.58. The minimum Gasteiger partial charge on any atom is -0.493 e. The van der Waals surface area contributed by atoms with Crippen molar-refractivity contribution in [3.05, 3.63) is 23.8 Å². The Hall–Kier alpha value is -0.780. The van der Waals surface area contributed by atoms with Gasteiger partial charge in [0.05, 0.1) is 11.5 Å². The molecule has 1 rings (SSSR count). The normalized spacial score (nSPS) is 12.7. The largest absolute Gasteiger partial charge is 0.493 e. The zero-order chi connectivity index (χ0) is 16.3. The summed E-state index contributed by atoms with van der Waals surface area (Å²) in [5.41, 5.74) is 0.614. The van der Waals surface area contributed by atoms with Crippen LogP contribution in [0.4, 0.5) is 0 Å². The molecule has 0 saturated carbocycles. The molecular weight excluding hydrogens is 310 g/mol. The van der Waals surface area contributed by atoms with Crippen molar-refractivity contribution in [2.75, 3.05) is 27.2 Å². The standard InChI is InChI=1S/C15H24ClNO3S/c1-15(2,3)13-11-12(21(16,18)19)7-8-14(13)20-10-6-9-17(4)5/h7-8,11H,6,9-10H2,1-5H3. The van der Waals surface area contributed by atoms with Gasteiger partial charge in [-0.15, -0.1) is 0 Å². The van der Waals surface area contributed by atoms with Gasteiger partial charge >= 0.3 is 0 Å². The van der Waals surface area contributed by atoms with Gasteiger partial charge in [0.25, 0.3) is 9.05 Å². The summed E-state index contributed by atoms with van der Waals surface area (Å²) >= 11 is 0. The van der Waals surface area contributed by atoms with Gasteiger partial charge in [-0.05, 0) is 44.1 Å². The molecule has 0 spiro atoms. The number of hydrogen-bond donors (Lipinski definition) is 0. The molecule has 0 saturated heterocycles. The quantitative estimate of drug-likeness (QED) is 0.592. The van der Waals surface area contributed by atoms with Crippen molar-refractivity contribution in [2.24, 2.45) is 0 Å². The molecule has 4 nitrogen and oxygen atoms in total. The molecule has 120 valence electrons. The van der Waals surface area contributed by atoms with E-state index in [0.717, 1.165) is 18.5 Å². The first-order valence-electron chi connectivity index (χ1n) is 6.88. The van der Waals surface area contributed by atoms with E-state index >= 15 is 0 Å². The average molecular weight is 334 g/mol. The Kier molecular flexibility index (Phi) is 6.08. The molecule has 0 heterocycles. The summed E-state index contributed by atoms with van der Waals surface area (Å²) in [5.74, 6) is 0.713. The third-order valence-electron chi connectivity index (χ3n) is 3.05. The highest BCUT2D eigenvalue weighted by molar-refractivity contribution is 8.13. The lowest BCUT2D eigenvalue weighted by Gasteiger charge is -2.23. The monoisotopic (exact) mass is 333 g/mol. The van der Waals surface area contributed by atoms with Crippen molar-refractivity contribution in [3.63, 3.8) is 0 Å². The fourth-order valence-corrected chi connectivity index (χ4v) is 2.71. The summed E-state index contributed by atoms with van der Waals surface area (Å²) in [5, 5.41) is 0. The van der Waals surface area contributed by atoms with Crippen molar-refractivity contribution >= 4 is 19.7 Å². The van der Waals surface area contributed by atoms with Crippen LogP contribution in [0.25, 0.3) is 0 Å². The highest BCUT2D eigenvalue weighted by Crippen LogP contribution is 2.34. The van der Waals surface area contributed by atoms with Crippen LogP contribution in [0.2, 0.25) is 0 Å². The minimum absolute atomic E-state index is 0.106. The van der Waals surface area contributed by atoms with Crippen LogP contribution in [-0.2, 0) is 14.5 Å². The Bertz CT molecular complexity index is 577. The number of benzene rings is 1. The van der Waals surface area contributed by atoms with Crippen molar-refractivity contribution in [1.29, 1.82) is 0 Å². The third kappa shape index (κ3) is 5.85. The highest BCUT2D eigenvalue weighted by atomic mass is 35.7. The number of hydrogen-bond acceptors (Lipinski definition) is 4. The van der Waals surface area contributed by atoms with Crippen molar-refractivity contribution < 1.29 is 13.2 Å². The maximum atomic E-state index is 11.5. The van der Waals surface area contributed by atoms with Gasteiger partial charge in [0.2, 0.25) is 0 Å². The van der Waals surface area contributed by atoms with Gasteiger partial charge in [0.15, 0.2) is 0 Å². The van der Waals surface area contributed by atoms with E-state index in [4.69, 9.17) is 15.4 Å². The molecule has 1 aromatic carbocycles. The first-order chi connectivity index (χ1) is 9.51. The first-order valence-corrected chi connectivity index (χ1v) is 9.19. The Morgan fingerprint density at radius 1 is 1.24 bits per heavy atom. The van der Waals surface area contributed by atoms with Crippen LogP contribution in [0.1, 0.15) is 32.8 Å². The van der Waals surface area contributed by atoms with Crippen LogP contribution in [0.15, 0.2) is 23.1 Å². The van der Waals surface area contributed by atoms with Crippen LogP contribution < -0.4 is 4.74 Å². The van der Waals surface area contributed by atoms with Crippen molar-refractivity contribution in [1.82, 2.24) is 4.90 Å². The zero-order valence-corrected chi connectivity index (χ0v) is 14.9. The molecule has 0 atom stereocenters. The smallest absolute Gasteiger partial charge is 0.261 e. The van der Waals surface area contributed by atoms with Crippen LogP contribution >= 0.6 is 10.7 Å². The van der Waals surface area contributed by atoms with Crippen molar-refractivity contribution in [2.45, 2.75) is 37.5 Å². The summed E-state index contributed by atoms with van der Waals surface area (Å²) in [4.78, 5) is 2.20. The molecule has 0 aliphatic heterocycles. The lowest BCUT2D eigenvalue weighted by Crippen LogP contribution is -2.17. The van der Waals surface area contributed by atoms with E-state index in [1.54, 1.807) is 12.1 Å². The number of ether oxygens (including phenoxy) is 1. The predicted molar refractivity (Wildman–Crippen MR) is 86.8 cm³/mol. The Labute approximate surface area is 132 Å². The third-order valence-corrected chi connectivity index (χ3v) is 4.40. The molecule has 0 aliphatic carbocycles. The second kappa shape index (κ2) is 6.99. The second-order valence-electron chi connectivity index (χ2n) is 6.35. The predicted octanol–water partition coefficient (Wildman–Crippen LogP) is 3.24. The summed E-state index contributed by atoms with van der Waals surface area (Å²) < 4.78 is 28.8. The molecule has 0 aromatic heterocycles. The molecule has 1 aromatic rings. The van der Waals surface area contributed by atoms with Gasteiger partial charge in [0, 0.05) is 22.8 Å². The number of rotatable bonds is 6. The first kappa shape index (κ1) is 18.3. The van der Waals surface area contributed by atoms with E-state index in [1.165, 1.54) is 6.07 Å². The molecule has 0 fully saturated rings. The van der Waals surface area contributed by atoms with Crippen molar-refractivity contribution in [3.8, 4) is 5.75 Å². The van der Waals surface area contributed by atoms with E-state index in [0.29, 0.717) is 12.4 Å². The molecule has 6 heteroatoms. The van der Waals surface area contributed by atoms with E-state index < -0.39 is 9.05 Å². The van der Waals surface area contributed by atoms with Crippen LogP contribution in [0.3, 0.4) is 0 Å². The fraction of sp³-hybridized carbons (Fsp3) is 0.600. The van der Waals surface area contributed by atoms with Gasteiger partial charge < -0.3 is 9.64 Å². The minimum atomic E-state index is -3.73. The van der Waals surface area contributed by atoms with E-state index in [9.17, 15) is 8.42 Å².